The van der Waals surface area contributed by atoms with Crippen molar-refractivity contribution in [2.24, 2.45) is 0 Å². The quantitative estimate of drug-likeness (QED) is 0.663. The highest BCUT2D eigenvalue weighted by Gasteiger charge is 2.24. The summed E-state index contributed by atoms with van der Waals surface area (Å²) >= 11 is 0. The highest BCUT2D eigenvalue weighted by molar-refractivity contribution is 5.67. The van der Waals surface area contributed by atoms with Gasteiger partial charge in [-0.3, -0.25) is 4.79 Å². The Labute approximate surface area is 67.0 Å². The summed E-state index contributed by atoms with van der Waals surface area (Å²) in [5.41, 5.74) is 0. The Kier molecular flexibility index (Phi) is 2.88. The molecule has 1 aliphatic rings. The summed E-state index contributed by atoms with van der Waals surface area (Å²) in [6.45, 7) is 4.15. The molecule has 0 bridgehead atoms. The van der Waals surface area contributed by atoms with Gasteiger partial charge in [-0.2, -0.15) is 0 Å². The van der Waals surface area contributed by atoms with Crippen molar-refractivity contribution in [3.05, 3.63) is 0 Å². The predicted octanol–water partition coefficient (Wildman–Crippen LogP) is 0.945. The van der Waals surface area contributed by atoms with Gasteiger partial charge in [0.25, 0.3) is 0 Å². The molecule has 1 aliphatic heterocycles. The van der Waals surface area contributed by atoms with Crippen molar-refractivity contribution in [1.29, 1.82) is 0 Å². The molecule has 1 saturated heterocycles. The maximum absolute atomic E-state index is 10.4. The fourth-order valence-corrected chi connectivity index (χ4v) is 1.74. The van der Waals surface area contributed by atoms with E-state index in [9.17, 15) is 4.79 Å². The smallest absolute Gasteiger partial charge is 0.304 e. The Balaban J connectivity index is 2.37. The van der Waals surface area contributed by atoms with E-state index in [1.165, 1.54) is 0 Å². The molecule has 0 aliphatic carbocycles. The normalized spacial score (nSPS) is 25.7. The molecule has 0 amide bonds. The molecule has 3 nitrogen and oxygen atoms in total. The van der Waals surface area contributed by atoms with Crippen LogP contribution >= 0.6 is 0 Å². The molecular formula is C8H15NO2. The summed E-state index contributed by atoms with van der Waals surface area (Å²) in [7, 11) is 0. The number of aliphatic carboxylic acids is 1. The number of carboxylic acid groups (broad SMARTS) is 1. The molecule has 3 heteroatoms. The molecule has 1 atom stereocenters. The average molecular weight is 157 g/mol. The van der Waals surface area contributed by atoms with Gasteiger partial charge in [0.1, 0.15) is 0 Å². The van der Waals surface area contributed by atoms with Crippen LogP contribution in [0.5, 0.6) is 0 Å². The van der Waals surface area contributed by atoms with Crippen molar-refractivity contribution in [3.8, 4) is 0 Å². The van der Waals surface area contributed by atoms with Crippen LogP contribution in [0.4, 0.5) is 0 Å². The third-order valence-electron chi connectivity index (χ3n) is 2.32. The SMILES string of the molecule is CCN1CCC[C@@H]1CC(=O)O. The molecule has 0 aromatic carbocycles. The van der Waals surface area contributed by atoms with E-state index >= 15 is 0 Å². The summed E-state index contributed by atoms with van der Waals surface area (Å²) in [5, 5.41) is 8.56. The fraction of sp³-hybridized carbons (Fsp3) is 0.875. The van der Waals surface area contributed by atoms with Gasteiger partial charge in [0, 0.05) is 6.04 Å². The zero-order valence-electron chi connectivity index (χ0n) is 6.92. The molecular weight excluding hydrogens is 142 g/mol. The van der Waals surface area contributed by atoms with Crippen LogP contribution in [0, 0.1) is 0 Å². The number of nitrogens with zero attached hydrogens (tertiary/aromatic N) is 1. The van der Waals surface area contributed by atoms with Crippen LogP contribution in [0.1, 0.15) is 26.2 Å². The second-order valence-corrected chi connectivity index (χ2v) is 3.02. The monoisotopic (exact) mass is 157 g/mol. The summed E-state index contributed by atoms with van der Waals surface area (Å²) in [4.78, 5) is 12.6. The van der Waals surface area contributed by atoms with Crippen LogP contribution in [0.2, 0.25) is 0 Å². The van der Waals surface area contributed by atoms with Crippen molar-refractivity contribution in [2.45, 2.75) is 32.2 Å². The molecule has 1 heterocycles. The van der Waals surface area contributed by atoms with Gasteiger partial charge in [0.2, 0.25) is 0 Å². The van der Waals surface area contributed by atoms with E-state index in [0.29, 0.717) is 12.5 Å². The molecule has 64 valence electrons. The molecule has 0 aromatic heterocycles. The highest BCUT2D eigenvalue weighted by Crippen LogP contribution is 2.18. The number of hydrogen-bond donors (Lipinski definition) is 1. The molecule has 0 saturated carbocycles. The summed E-state index contributed by atoms with van der Waals surface area (Å²) in [5.74, 6) is -0.671. The van der Waals surface area contributed by atoms with Crippen LogP contribution in [0.25, 0.3) is 0 Å². The maximum atomic E-state index is 10.4. The first-order valence-corrected chi connectivity index (χ1v) is 4.20. The van der Waals surface area contributed by atoms with Gasteiger partial charge in [-0.15, -0.1) is 0 Å². The van der Waals surface area contributed by atoms with E-state index in [-0.39, 0.29) is 0 Å². The Morgan fingerprint density at radius 1 is 1.73 bits per heavy atom. The largest absolute Gasteiger partial charge is 0.481 e. The van der Waals surface area contributed by atoms with Crippen LogP contribution in [-0.4, -0.2) is 35.1 Å². The number of carboxylic acids is 1. The minimum absolute atomic E-state index is 0.303. The van der Waals surface area contributed by atoms with E-state index < -0.39 is 5.97 Å². The Morgan fingerprint density at radius 3 is 3.00 bits per heavy atom. The van der Waals surface area contributed by atoms with Crippen molar-refractivity contribution >= 4 is 5.97 Å². The number of likely N-dealkylation sites (tertiary alicyclic amines) is 1. The van der Waals surface area contributed by atoms with Gasteiger partial charge >= 0.3 is 5.97 Å². The molecule has 11 heavy (non-hydrogen) atoms. The number of rotatable bonds is 3. The van der Waals surface area contributed by atoms with Gasteiger partial charge in [0.15, 0.2) is 0 Å². The molecule has 0 unspecified atom stereocenters. The van der Waals surface area contributed by atoms with E-state index in [2.05, 4.69) is 11.8 Å². The number of carbonyl (C=O) groups is 1. The Bertz CT molecular complexity index is 147. The van der Waals surface area contributed by atoms with Gasteiger partial charge in [-0.05, 0) is 25.9 Å². The van der Waals surface area contributed by atoms with Gasteiger partial charge in [-0.1, -0.05) is 6.92 Å². The second-order valence-electron chi connectivity index (χ2n) is 3.02. The maximum Gasteiger partial charge on any atom is 0.304 e. The predicted molar refractivity (Wildman–Crippen MR) is 42.5 cm³/mol. The number of hydrogen-bond acceptors (Lipinski definition) is 2. The van der Waals surface area contributed by atoms with Crippen LogP contribution < -0.4 is 0 Å². The van der Waals surface area contributed by atoms with Crippen molar-refractivity contribution in [1.82, 2.24) is 4.90 Å². The van der Waals surface area contributed by atoms with Crippen LogP contribution in [-0.2, 0) is 4.79 Å². The lowest BCUT2D eigenvalue weighted by atomic mass is 10.1. The lowest BCUT2D eigenvalue weighted by molar-refractivity contribution is -0.138. The molecule has 0 spiro atoms. The third kappa shape index (κ3) is 2.19. The van der Waals surface area contributed by atoms with Gasteiger partial charge in [0.05, 0.1) is 6.42 Å². The first-order valence-electron chi connectivity index (χ1n) is 4.20. The van der Waals surface area contributed by atoms with Gasteiger partial charge in [-0.25, -0.2) is 0 Å². The molecule has 0 aromatic rings. The lowest BCUT2D eigenvalue weighted by Gasteiger charge is -2.20. The molecule has 1 N–H and O–H groups in total. The minimum atomic E-state index is -0.671. The average Bonchev–Trinajstić information content (AvgIpc) is 2.34. The van der Waals surface area contributed by atoms with Crippen LogP contribution in [0.15, 0.2) is 0 Å². The minimum Gasteiger partial charge on any atom is -0.481 e. The highest BCUT2D eigenvalue weighted by atomic mass is 16.4. The molecule has 1 rings (SSSR count). The Morgan fingerprint density at radius 2 is 2.45 bits per heavy atom. The van der Waals surface area contributed by atoms with E-state index in [1.54, 1.807) is 0 Å². The van der Waals surface area contributed by atoms with E-state index in [1.807, 2.05) is 0 Å². The zero-order chi connectivity index (χ0) is 8.27. The first-order chi connectivity index (χ1) is 5.24. The summed E-state index contributed by atoms with van der Waals surface area (Å²) in [6.07, 6.45) is 2.53. The first kappa shape index (κ1) is 8.53. The summed E-state index contributed by atoms with van der Waals surface area (Å²) < 4.78 is 0. The third-order valence-corrected chi connectivity index (χ3v) is 2.32. The topological polar surface area (TPSA) is 40.5 Å². The van der Waals surface area contributed by atoms with Crippen LogP contribution in [0.3, 0.4) is 0 Å². The van der Waals surface area contributed by atoms with E-state index in [4.69, 9.17) is 5.11 Å². The molecule has 1 fully saturated rings. The second kappa shape index (κ2) is 3.72. The van der Waals surface area contributed by atoms with Gasteiger partial charge < -0.3 is 10.0 Å². The fourth-order valence-electron chi connectivity index (χ4n) is 1.74. The molecule has 0 radical (unpaired) electrons. The Hall–Kier alpha value is -0.570. The van der Waals surface area contributed by atoms with Crippen molar-refractivity contribution in [3.63, 3.8) is 0 Å². The standard InChI is InChI=1S/C8H15NO2/c1-2-9-5-3-4-7(9)6-8(10)11/h7H,2-6H2,1H3,(H,10,11)/t7-/m1/s1. The lowest BCUT2D eigenvalue weighted by Crippen LogP contribution is -2.30. The van der Waals surface area contributed by atoms with Crippen molar-refractivity contribution < 1.29 is 9.90 Å². The van der Waals surface area contributed by atoms with Crippen molar-refractivity contribution in [2.75, 3.05) is 13.1 Å². The van der Waals surface area contributed by atoms with E-state index in [0.717, 1.165) is 25.9 Å². The zero-order valence-corrected chi connectivity index (χ0v) is 6.92. The summed E-state index contributed by atoms with van der Waals surface area (Å²) in [6, 6.07) is 0.303.